The summed E-state index contributed by atoms with van der Waals surface area (Å²) in [5.41, 5.74) is 1.92. The number of hydrogen-bond acceptors (Lipinski definition) is 1. The molecule has 1 aliphatic carbocycles. The Balaban J connectivity index is 1.82. The molecule has 0 N–H and O–H groups in total. The molecule has 154 valence electrons. The molecular formula is C25H27F3O. The molecule has 0 fully saturated rings. The Morgan fingerprint density at radius 3 is 2.10 bits per heavy atom. The Morgan fingerprint density at radius 1 is 0.862 bits per heavy atom. The average molecular weight is 400 g/mol. The standard InChI is InChI=1S/C25H27F3O/c1-2-3-4-8-17-24(22-11-13-23(14-12-22)29-25(26,27)28)18-15-21(16-19-24)20-9-6-5-7-10-20/h5-7,9-16,18-19,21H,2-4,8,17H2,1H3. The molecule has 29 heavy (non-hydrogen) atoms. The highest BCUT2D eigenvalue weighted by molar-refractivity contribution is 5.45. The molecule has 0 heterocycles. The highest BCUT2D eigenvalue weighted by Crippen LogP contribution is 2.40. The zero-order valence-electron chi connectivity index (χ0n) is 16.7. The SMILES string of the molecule is CCCCCCC1(c2ccc(OC(F)(F)F)cc2)C=CC(c2ccccc2)C=C1. The molecular weight excluding hydrogens is 373 g/mol. The van der Waals surface area contributed by atoms with Gasteiger partial charge in [0.2, 0.25) is 0 Å². The summed E-state index contributed by atoms with van der Waals surface area (Å²) in [7, 11) is 0. The van der Waals surface area contributed by atoms with Crippen LogP contribution in [0.5, 0.6) is 5.75 Å². The van der Waals surface area contributed by atoms with Crippen LogP contribution >= 0.6 is 0 Å². The summed E-state index contributed by atoms with van der Waals surface area (Å²) in [5.74, 6) is 0.0288. The molecule has 0 unspecified atom stereocenters. The zero-order valence-corrected chi connectivity index (χ0v) is 16.7. The van der Waals surface area contributed by atoms with Crippen LogP contribution in [-0.4, -0.2) is 6.36 Å². The van der Waals surface area contributed by atoms with Crippen LogP contribution in [0.4, 0.5) is 13.2 Å². The van der Waals surface area contributed by atoms with Gasteiger partial charge in [0.1, 0.15) is 5.75 Å². The fourth-order valence-corrected chi connectivity index (χ4v) is 3.88. The molecule has 0 radical (unpaired) electrons. The minimum Gasteiger partial charge on any atom is -0.406 e. The number of allylic oxidation sites excluding steroid dienone is 4. The molecule has 0 bridgehead atoms. The number of unbranched alkanes of at least 4 members (excludes halogenated alkanes) is 3. The molecule has 0 aliphatic heterocycles. The van der Waals surface area contributed by atoms with E-state index in [2.05, 4.69) is 48.1 Å². The maximum atomic E-state index is 12.5. The predicted octanol–water partition coefficient (Wildman–Crippen LogP) is 7.70. The first-order chi connectivity index (χ1) is 13.9. The molecule has 0 amide bonds. The van der Waals surface area contributed by atoms with Crippen molar-refractivity contribution in [3.8, 4) is 5.75 Å². The van der Waals surface area contributed by atoms with Crippen LogP contribution in [0, 0.1) is 0 Å². The summed E-state index contributed by atoms with van der Waals surface area (Å²) in [4.78, 5) is 0. The van der Waals surface area contributed by atoms with Crippen molar-refractivity contribution in [3.05, 3.63) is 90.0 Å². The topological polar surface area (TPSA) is 9.23 Å². The fourth-order valence-electron chi connectivity index (χ4n) is 3.88. The average Bonchev–Trinajstić information content (AvgIpc) is 2.72. The molecule has 3 rings (SSSR count). The van der Waals surface area contributed by atoms with Crippen molar-refractivity contribution < 1.29 is 17.9 Å². The van der Waals surface area contributed by atoms with Gasteiger partial charge in [0, 0.05) is 11.3 Å². The Morgan fingerprint density at radius 2 is 1.52 bits per heavy atom. The van der Waals surface area contributed by atoms with Crippen LogP contribution in [0.3, 0.4) is 0 Å². The third-order valence-corrected chi connectivity index (χ3v) is 5.46. The Hall–Kier alpha value is -2.49. The second-order valence-corrected chi connectivity index (χ2v) is 7.58. The van der Waals surface area contributed by atoms with Crippen molar-refractivity contribution in [2.45, 2.75) is 56.7 Å². The number of ether oxygens (including phenoxy) is 1. The molecule has 0 saturated heterocycles. The van der Waals surface area contributed by atoms with Gasteiger partial charge in [-0.1, -0.05) is 99.4 Å². The summed E-state index contributed by atoms with van der Waals surface area (Å²) in [6.07, 6.45) is 9.67. The van der Waals surface area contributed by atoms with Crippen LogP contribution in [0.15, 0.2) is 78.9 Å². The molecule has 0 saturated carbocycles. The maximum absolute atomic E-state index is 12.5. The fraction of sp³-hybridized carbons (Fsp3) is 0.360. The quantitative estimate of drug-likeness (QED) is 0.326. The van der Waals surface area contributed by atoms with Gasteiger partial charge in [-0.2, -0.15) is 0 Å². The third kappa shape index (κ3) is 5.75. The monoisotopic (exact) mass is 400 g/mol. The van der Waals surface area contributed by atoms with Gasteiger partial charge in [-0.05, 0) is 29.7 Å². The molecule has 1 aliphatic rings. The highest BCUT2D eigenvalue weighted by Gasteiger charge is 2.32. The Kier molecular flexibility index (Phi) is 6.83. The molecule has 0 spiro atoms. The first kappa shape index (κ1) is 21.2. The maximum Gasteiger partial charge on any atom is 0.573 e. The summed E-state index contributed by atoms with van der Waals surface area (Å²) >= 11 is 0. The van der Waals surface area contributed by atoms with Gasteiger partial charge >= 0.3 is 6.36 Å². The predicted molar refractivity (Wildman–Crippen MR) is 111 cm³/mol. The molecule has 2 aromatic carbocycles. The normalized spacial score (nSPS) is 21.3. The van der Waals surface area contributed by atoms with Crippen molar-refractivity contribution in [2.75, 3.05) is 0 Å². The van der Waals surface area contributed by atoms with E-state index in [4.69, 9.17) is 0 Å². The van der Waals surface area contributed by atoms with Crippen LogP contribution in [0.25, 0.3) is 0 Å². The third-order valence-electron chi connectivity index (χ3n) is 5.46. The lowest BCUT2D eigenvalue weighted by molar-refractivity contribution is -0.274. The van der Waals surface area contributed by atoms with Gasteiger partial charge in [-0.3, -0.25) is 0 Å². The van der Waals surface area contributed by atoms with Gasteiger partial charge in [0.15, 0.2) is 0 Å². The van der Waals surface area contributed by atoms with Crippen molar-refractivity contribution in [3.63, 3.8) is 0 Å². The molecule has 1 nitrogen and oxygen atoms in total. The minimum absolute atomic E-state index is 0.187. The van der Waals surface area contributed by atoms with Crippen molar-refractivity contribution >= 4 is 0 Å². The highest BCUT2D eigenvalue weighted by atomic mass is 19.4. The molecule has 0 aromatic heterocycles. The number of hydrogen-bond donors (Lipinski definition) is 0. The van der Waals surface area contributed by atoms with E-state index in [0.29, 0.717) is 0 Å². The Labute approximate surface area is 170 Å². The van der Waals surface area contributed by atoms with Gasteiger partial charge in [-0.25, -0.2) is 0 Å². The van der Waals surface area contributed by atoms with E-state index in [1.165, 1.54) is 24.1 Å². The van der Waals surface area contributed by atoms with Gasteiger partial charge in [-0.15, -0.1) is 13.2 Å². The molecule has 0 atom stereocenters. The number of benzene rings is 2. The largest absolute Gasteiger partial charge is 0.573 e. The van der Waals surface area contributed by atoms with E-state index in [0.717, 1.165) is 31.2 Å². The van der Waals surface area contributed by atoms with Gasteiger partial charge < -0.3 is 4.74 Å². The van der Waals surface area contributed by atoms with E-state index in [9.17, 15) is 13.2 Å². The summed E-state index contributed by atoms with van der Waals surface area (Å²) in [6.45, 7) is 2.18. The number of rotatable bonds is 8. The van der Waals surface area contributed by atoms with E-state index in [-0.39, 0.29) is 17.1 Å². The van der Waals surface area contributed by atoms with Crippen molar-refractivity contribution in [2.24, 2.45) is 0 Å². The van der Waals surface area contributed by atoms with E-state index in [1.807, 2.05) is 18.2 Å². The molecule has 2 aromatic rings. The first-order valence-electron chi connectivity index (χ1n) is 10.2. The number of alkyl halides is 3. The van der Waals surface area contributed by atoms with Crippen molar-refractivity contribution in [1.29, 1.82) is 0 Å². The Bertz CT molecular complexity index is 805. The smallest absolute Gasteiger partial charge is 0.406 e. The van der Waals surface area contributed by atoms with Gasteiger partial charge in [0.05, 0.1) is 0 Å². The van der Waals surface area contributed by atoms with E-state index < -0.39 is 6.36 Å². The van der Waals surface area contributed by atoms with Gasteiger partial charge in [0.25, 0.3) is 0 Å². The van der Waals surface area contributed by atoms with Crippen LogP contribution in [0.2, 0.25) is 0 Å². The van der Waals surface area contributed by atoms with Crippen LogP contribution < -0.4 is 4.74 Å². The first-order valence-corrected chi connectivity index (χ1v) is 10.2. The van der Waals surface area contributed by atoms with E-state index >= 15 is 0 Å². The number of halogens is 3. The lowest BCUT2D eigenvalue weighted by atomic mass is 9.72. The van der Waals surface area contributed by atoms with Crippen LogP contribution in [-0.2, 0) is 5.41 Å². The lowest BCUT2D eigenvalue weighted by Gasteiger charge is -2.32. The van der Waals surface area contributed by atoms with E-state index in [1.54, 1.807) is 12.1 Å². The van der Waals surface area contributed by atoms with Crippen LogP contribution in [0.1, 0.15) is 56.1 Å². The lowest BCUT2D eigenvalue weighted by Crippen LogP contribution is -2.24. The summed E-state index contributed by atoms with van der Waals surface area (Å²) in [6, 6.07) is 16.6. The minimum atomic E-state index is -4.67. The summed E-state index contributed by atoms with van der Waals surface area (Å²) in [5, 5.41) is 0. The van der Waals surface area contributed by atoms with Crippen molar-refractivity contribution in [1.82, 2.24) is 0 Å². The second kappa shape index (κ2) is 9.34. The second-order valence-electron chi connectivity index (χ2n) is 7.58. The summed E-state index contributed by atoms with van der Waals surface area (Å²) < 4.78 is 41.4. The molecule has 4 heteroatoms. The zero-order chi connectivity index (χ0) is 20.7.